The van der Waals surface area contributed by atoms with E-state index in [4.69, 9.17) is 0 Å². The lowest BCUT2D eigenvalue weighted by Crippen LogP contribution is -2.10. The van der Waals surface area contributed by atoms with Crippen LogP contribution in [0.25, 0.3) is 0 Å². The van der Waals surface area contributed by atoms with Crippen LogP contribution >= 0.6 is 15.9 Å². The highest BCUT2D eigenvalue weighted by Crippen LogP contribution is 2.27. The quantitative estimate of drug-likeness (QED) is 0.760. The van der Waals surface area contributed by atoms with Gasteiger partial charge in [-0.05, 0) is 59.0 Å². The Hall–Kier alpha value is -1.48. The van der Waals surface area contributed by atoms with Crippen molar-refractivity contribution in [2.75, 3.05) is 0 Å². The van der Waals surface area contributed by atoms with Crippen LogP contribution < -0.4 is 0 Å². The predicted octanol–water partition coefficient (Wildman–Crippen LogP) is 4.89. The van der Waals surface area contributed by atoms with Gasteiger partial charge in [0.05, 0.1) is 4.47 Å². The fraction of sp³-hybridized carbons (Fsp3) is 0.235. The highest BCUT2D eigenvalue weighted by Gasteiger charge is 2.17. The van der Waals surface area contributed by atoms with Gasteiger partial charge in [0.15, 0.2) is 0 Å². The largest absolute Gasteiger partial charge is 0.299 e. The SMILES string of the molecule is CC(=O)C(CCc1ccccc1)c1ccc(F)c(Br)c1. The van der Waals surface area contributed by atoms with Gasteiger partial charge in [-0.1, -0.05) is 36.4 Å². The Morgan fingerprint density at radius 1 is 1.20 bits per heavy atom. The maximum absolute atomic E-state index is 13.3. The lowest BCUT2D eigenvalue weighted by Gasteiger charge is -2.15. The minimum atomic E-state index is -0.306. The van der Waals surface area contributed by atoms with Gasteiger partial charge in [0, 0.05) is 5.92 Å². The zero-order valence-corrected chi connectivity index (χ0v) is 12.9. The molecule has 0 aliphatic rings. The summed E-state index contributed by atoms with van der Waals surface area (Å²) < 4.78 is 13.7. The molecule has 104 valence electrons. The Morgan fingerprint density at radius 2 is 1.90 bits per heavy atom. The number of halogens is 2. The fourth-order valence-corrected chi connectivity index (χ4v) is 2.69. The van der Waals surface area contributed by atoms with E-state index in [-0.39, 0.29) is 17.5 Å². The molecule has 0 N–H and O–H groups in total. The molecule has 0 heterocycles. The second-order valence-corrected chi connectivity index (χ2v) is 5.72. The third kappa shape index (κ3) is 3.76. The average molecular weight is 335 g/mol. The molecule has 0 aromatic heterocycles. The number of Topliss-reactive ketones (excluding diaryl/α,β-unsaturated/α-hetero) is 1. The van der Waals surface area contributed by atoms with Crippen molar-refractivity contribution in [2.45, 2.75) is 25.7 Å². The molecule has 2 aromatic rings. The molecule has 20 heavy (non-hydrogen) atoms. The molecular formula is C17H16BrFO. The molecular weight excluding hydrogens is 319 g/mol. The predicted molar refractivity (Wildman–Crippen MR) is 82.3 cm³/mol. The number of rotatable bonds is 5. The number of benzene rings is 2. The van der Waals surface area contributed by atoms with E-state index in [1.165, 1.54) is 11.6 Å². The molecule has 0 fully saturated rings. The van der Waals surface area contributed by atoms with E-state index in [0.29, 0.717) is 4.47 Å². The van der Waals surface area contributed by atoms with Gasteiger partial charge in [0.2, 0.25) is 0 Å². The lowest BCUT2D eigenvalue weighted by molar-refractivity contribution is -0.118. The van der Waals surface area contributed by atoms with Crippen LogP contribution in [-0.2, 0) is 11.2 Å². The number of aryl methyl sites for hydroxylation is 1. The molecule has 0 aliphatic heterocycles. The van der Waals surface area contributed by atoms with Crippen molar-refractivity contribution in [3.8, 4) is 0 Å². The summed E-state index contributed by atoms with van der Waals surface area (Å²) in [7, 11) is 0. The van der Waals surface area contributed by atoms with E-state index < -0.39 is 0 Å². The maximum Gasteiger partial charge on any atom is 0.137 e. The van der Waals surface area contributed by atoms with Crippen molar-refractivity contribution in [3.05, 3.63) is 69.9 Å². The molecule has 1 nitrogen and oxygen atoms in total. The first-order valence-electron chi connectivity index (χ1n) is 6.57. The van der Waals surface area contributed by atoms with Crippen LogP contribution in [0.3, 0.4) is 0 Å². The van der Waals surface area contributed by atoms with Crippen LogP contribution in [0.4, 0.5) is 4.39 Å². The van der Waals surface area contributed by atoms with E-state index in [1.807, 2.05) is 18.2 Å². The smallest absolute Gasteiger partial charge is 0.137 e. The van der Waals surface area contributed by atoms with Gasteiger partial charge in [-0.15, -0.1) is 0 Å². The third-order valence-electron chi connectivity index (χ3n) is 3.40. The fourth-order valence-electron chi connectivity index (χ4n) is 2.29. The molecule has 0 saturated heterocycles. The molecule has 0 aliphatic carbocycles. The topological polar surface area (TPSA) is 17.1 Å². The monoisotopic (exact) mass is 334 g/mol. The highest BCUT2D eigenvalue weighted by atomic mass is 79.9. The van der Waals surface area contributed by atoms with Crippen molar-refractivity contribution in [1.82, 2.24) is 0 Å². The maximum atomic E-state index is 13.3. The minimum Gasteiger partial charge on any atom is -0.299 e. The Bertz CT molecular complexity index is 595. The van der Waals surface area contributed by atoms with Gasteiger partial charge < -0.3 is 0 Å². The van der Waals surface area contributed by atoms with Gasteiger partial charge in [-0.3, -0.25) is 4.79 Å². The molecule has 0 bridgehead atoms. The van der Waals surface area contributed by atoms with Crippen LogP contribution in [0.2, 0.25) is 0 Å². The lowest BCUT2D eigenvalue weighted by atomic mass is 9.89. The average Bonchev–Trinajstić information content (AvgIpc) is 2.43. The van der Waals surface area contributed by atoms with Gasteiger partial charge in [-0.25, -0.2) is 4.39 Å². The number of carbonyl (C=O) groups is 1. The first-order valence-corrected chi connectivity index (χ1v) is 7.36. The molecule has 1 atom stereocenters. The van der Waals surface area contributed by atoms with Gasteiger partial charge in [0.1, 0.15) is 11.6 Å². The highest BCUT2D eigenvalue weighted by molar-refractivity contribution is 9.10. The van der Waals surface area contributed by atoms with Gasteiger partial charge >= 0.3 is 0 Å². The molecule has 0 radical (unpaired) electrons. The van der Waals surface area contributed by atoms with E-state index in [0.717, 1.165) is 18.4 Å². The zero-order chi connectivity index (χ0) is 14.5. The van der Waals surface area contributed by atoms with Crippen molar-refractivity contribution in [3.63, 3.8) is 0 Å². The van der Waals surface area contributed by atoms with Crippen molar-refractivity contribution < 1.29 is 9.18 Å². The molecule has 1 unspecified atom stereocenters. The van der Waals surface area contributed by atoms with Gasteiger partial charge in [-0.2, -0.15) is 0 Å². The molecule has 2 aromatic carbocycles. The summed E-state index contributed by atoms with van der Waals surface area (Å²) in [5.74, 6) is -0.384. The Labute approximate surface area is 127 Å². The Kier molecular flexibility index (Phi) is 5.07. The number of ketones is 1. The molecule has 0 spiro atoms. The van der Waals surface area contributed by atoms with Gasteiger partial charge in [0.25, 0.3) is 0 Å². The van der Waals surface area contributed by atoms with Crippen LogP contribution in [0.5, 0.6) is 0 Å². The Balaban J connectivity index is 2.15. The molecule has 3 heteroatoms. The summed E-state index contributed by atoms with van der Waals surface area (Å²) in [5, 5.41) is 0. The second-order valence-electron chi connectivity index (χ2n) is 4.86. The molecule has 2 rings (SSSR count). The third-order valence-corrected chi connectivity index (χ3v) is 4.01. The van der Waals surface area contributed by atoms with Crippen LogP contribution in [0.15, 0.2) is 53.0 Å². The zero-order valence-electron chi connectivity index (χ0n) is 11.3. The number of hydrogen-bond acceptors (Lipinski definition) is 1. The number of hydrogen-bond donors (Lipinski definition) is 0. The second kappa shape index (κ2) is 6.80. The van der Waals surface area contributed by atoms with Crippen molar-refractivity contribution in [2.24, 2.45) is 0 Å². The van der Waals surface area contributed by atoms with Crippen molar-refractivity contribution in [1.29, 1.82) is 0 Å². The van der Waals surface area contributed by atoms with E-state index in [9.17, 15) is 9.18 Å². The summed E-state index contributed by atoms with van der Waals surface area (Å²) in [6.07, 6.45) is 1.57. The van der Waals surface area contributed by atoms with E-state index in [2.05, 4.69) is 28.1 Å². The van der Waals surface area contributed by atoms with Crippen LogP contribution in [-0.4, -0.2) is 5.78 Å². The molecule has 0 saturated carbocycles. The first-order chi connectivity index (χ1) is 9.58. The summed E-state index contributed by atoms with van der Waals surface area (Å²) in [6, 6.07) is 14.9. The normalized spacial score (nSPS) is 12.2. The number of carbonyl (C=O) groups excluding carboxylic acids is 1. The summed E-state index contributed by atoms with van der Waals surface area (Å²) in [4.78, 5) is 11.9. The van der Waals surface area contributed by atoms with Crippen molar-refractivity contribution >= 4 is 21.7 Å². The standard InChI is InChI=1S/C17H16BrFO/c1-12(20)15(9-7-13-5-3-2-4-6-13)14-8-10-17(19)16(18)11-14/h2-6,8,10-11,15H,7,9H2,1H3. The summed E-state index contributed by atoms with van der Waals surface area (Å²) in [5.41, 5.74) is 2.07. The van der Waals surface area contributed by atoms with Crippen LogP contribution in [0, 0.1) is 5.82 Å². The van der Waals surface area contributed by atoms with E-state index >= 15 is 0 Å². The Morgan fingerprint density at radius 3 is 2.50 bits per heavy atom. The van der Waals surface area contributed by atoms with Crippen LogP contribution in [0.1, 0.15) is 30.4 Å². The van der Waals surface area contributed by atoms with E-state index in [1.54, 1.807) is 19.1 Å². The minimum absolute atomic E-state index is 0.111. The summed E-state index contributed by atoms with van der Waals surface area (Å²) >= 11 is 3.17. The first kappa shape index (κ1) is 14.9. The summed E-state index contributed by atoms with van der Waals surface area (Å²) in [6.45, 7) is 1.59. The molecule has 0 amide bonds.